The molecule has 2 aromatic rings. The number of carbonyl (C=O) groups is 1. The Hall–Kier alpha value is -2.21. The second-order valence-electron chi connectivity index (χ2n) is 5.83. The molecule has 1 amide bonds. The summed E-state index contributed by atoms with van der Waals surface area (Å²) >= 11 is 0. The molecule has 0 unspecified atom stereocenters. The van der Waals surface area contributed by atoms with E-state index in [2.05, 4.69) is 33.8 Å². The largest absolute Gasteiger partial charge is 0.372 e. The van der Waals surface area contributed by atoms with Gasteiger partial charge in [0.2, 0.25) is 5.91 Å². The van der Waals surface area contributed by atoms with Crippen LogP contribution in [0.15, 0.2) is 30.3 Å². The van der Waals surface area contributed by atoms with Gasteiger partial charge in [0.15, 0.2) is 5.82 Å². The lowest BCUT2D eigenvalue weighted by Crippen LogP contribution is -2.42. The van der Waals surface area contributed by atoms with Crippen molar-refractivity contribution in [2.24, 2.45) is 0 Å². The first-order chi connectivity index (χ1) is 11.2. The summed E-state index contributed by atoms with van der Waals surface area (Å²) in [6, 6.07) is 10.4. The van der Waals surface area contributed by atoms with E-state index in [1.807, 2.05) is 25.1 Å². The highest BCUT2D eigenvalue weighted by atomic mass is 16.5. The van der Waals surface area contributed by atoms with Gasteiger partial charge in [-0.2, -0.15) is 0 Å². The molecular weight excluding hydrogens is 292 g/mol. The van der Waals surface area contributed by atoms with E-state index in [1.54, 1.807) is 4.90 Å². The van der Waals surface area contributed by atoms with Crippen LogP contribution in [0.5, 0.6) is 0 Å². The summed E-state index contributed by atoms with van der Waals surface area (Å²) in [7, 11) is 0. The quantitative estimate of drug-likeness (QED) is 0.844. The SMILES string of the molecule is CCOCC(=O)N1Cc2nnc(Cc3ccccc3)n2[C@@H](C)C1. The first-order valence-electron chi connectivity index (χ1n) is 8.01. The third kappa shape index (κ3) is 3.42. The summed E-state index contributed by atoms with van der Waals surface area (Å²) in [4.78, 5) is 14.0. The smallest absolute Gasteiger partial charge is 0.249 e. The third-order valence-corrected chi connectivity index (χ3v) is 4.08. The Labute approximate surface area is 136 Å². The summed E-state index contributed by atoms with van der Waals surface area (Å²) in [5.41, 5.74) is 1.21. The minimum absolute atomic E-state index is 0.0116. The highest BCUT2D eigenvalue weighted by molar-refractivity contribution is 5.77. The summed E-state index contributed by atoms with van der Waals surface area (Å²) in [6.45, 7) is 5.83. The minimum atomic E-state index is 0.0116. The maximum atomic E-state index is 12.2. The highest BCUT2D eigenvalue weighted by Gasteiger charge is 2.28. The number of amides is 1. The van der Waals surface area contributed by atoms with Gasteiger partial charge in [0.05, 0.1) is 12.6 Å². The van der Waals surface area contributed by atoms with Crippen molar-refractivity contribution >= 4 is 5.91 Å². The molecule has 6 heteroatoms. The van der Waals surface area contributed by atoms with Gasteiger partial charge in [-0.1, -0.05) is 30.3 Å². The lowest BCUT2D eigenvalue weighted by atomic mass is 10.1. The number of aromatic nitrogens is 3. The first kappa shape index (κ1) is 15.7. The van der Waals surface area contributed by atoms with E-state index in [0.717, 1.165) is 18.1 Å². The Balaban J connectivity index is 1.75. The maximum absolute atomic E-state index is 12.2. The molecule has 0 N–H and O–H groups in total. The number of nitrogens with zero attached hydrogens (tertiary/aromatic N) is 4. The normalized spacial score (nSPS) is 17.1. The van der Waals surface area contributed by atoms with Gasteiger partial charge < -0.3 is 14.2 Å². The van der Waals surface area contributed by atoms with Gasteiger partial charge in [-0.3, -0.25) is 4.79 Å². The highest BCUT2D eigenvalue weighted by Crippen LogP contribution is 2.23. The molecule has 1 aliphatic heterocycles. The van der Waals surface area contributed by atoms with E-state index in [0.29, 0.717) is 19.7 Å². The zero-order chi connectivity index (χ0) is 16.2. The van der Waals surface area contributed by atoms with E-state index >= 15 is 0 Å². The predicted octanol–water partition coefficient (Wildman–Crippen LogP) is 1.81. The van der Waals surface area contributed by atoms with Crippen LogP contribution in [-0.4, -0.2) is 45.3 Å². The maximum Gasteiger partial charge on any atom is 0.249 e. The van der Waals surface area contributed by atoms with Crippen molar-refractivity contribution in [3.05, 3.63) is 47.5 Å². The number of ether oxygens (including phenoxy) is 1. The van der Waals surface area contributed by atoms with E-state index in [1.165, 1.54) is 5.56 Å². The topological polar surface area (TPSA) is 60.2 Å². The van der Waals surface area contributed by atoms with Gasteiger partial charge in [-0.05, 0) is 19.4 Å². The Morgan fingerprint density at radius 2 is 2.09 bits per heavy atom. The molecule has 1 aliphatic rings. The van der Waals surface area contributed by atoms with Crippen LogP contribution in [0.1, 0.15) is 37.1 Å². The van der Waals surface area contributed by atoms with Gasteiger partial charge in [0, 0.05) is 19.6 Å². The number of fused-ring (bicyclic) bond motifs is 1. The standard InChI is InChI=1S/C17H22N4O2/c1-3-23-12-17(22)20-10-13(2)21-15(18-19-16(21)11-20)9-14-7-5-4-6-8-14/h4-8,13H,3,9-12H2,1-2H3/t13-/m0/s1. The van der Waals surface area contributed by atoms with Crippen molar-refractivity contribution in [3.8, 4) is 0 Å². The molecule has 23 heavy (non-hydrogen) atoms. The fourth-order valence-corrected chi connectivity index (χ4v) is 2.98. The van der Waals surface area contributed by atoms with E-state index < -0.39 is 0 Å². The second-order valence-corrected chi connectivity index (χ2v) is 5.83. The number of rotatable bonds is 5. The van der Waals surface area contributed by atoms with Crippen LogP contribution in [0, 0.1) is 0 Å². The summed E-state index contributed by atoms with van der Waals surface area (Å²) in [5.74, 6) is 1.81. The van der Waals surface area contributed by atoms with Crippen molar-refractivity contribution in [2.45, 2.75) is 32.9 Å². The molecule has 122 valence electrons. The molecular formula is C17H22N4O2. The molecule has 3 rings (SSSR count). The predicted molar refractivity (Wildman–Crippen MR) is 85.9 cm³/mol. The summed E-state index contributed by atoms with van der Waals surface area (Å²) in [6.07, 6.45) is 0.755. The molecule has 1 aromatic heterocycles. The van der Waals surface area contributed by atoms with Gasteiger partial charge >= 0.3 is 0 Å². The van der Waals surface area contributed by atoms with Crippen molar-refractivity contribution < 1.29 is 9.53 Å². The molecule has 1 atom stereocenters. The van der Waals surface area contributed by atoms with Crippen molar-refractivity contribution in [1.82, 2.24) is 19.7 Å². The zero-order valence-corrected chi connectivity index (χ0v) is 13.6. The Morgan fingerprint density at radius 1 is 1.30 bits per heavy atom. The van der Waals surface area contributed by atoms with Gasteiger partial charge in [0.1, 0.15) is 12.4 Å². The number of hydrogen-bond acceptors (Lipinski definition) is 4. The van der Waals surface area contributed by atoms with Crippen LogP contribution >= 0.6 is 0 Å². The molecule has 0 fully saturated rings. The first-order valence-corrected chi connectivity index (χ1v) is 8.01. The monoisotopic (exact) mass is 314 g/mol. The molecule has 6 nitrogen and oxygen atoms in total. The van der Waals surface area contributed by atoms with Crippen molar-refractivity contribution in [1.29, 1.82) is 0 Å². The lowest BCUT2D eigenvalue weighted by molar-refractivity contribution is -0.138. The Morgan fingerprint density at radius 3 is 2.83 bits per heavy atom. The van der Waals surface area contributed by atoms with E-state index in [9.17, 15) is 4.79 Å². The fraction of sp³-hybridized carbons (Fsp3) is 0.471. The average molecular weight is 314 g/mol. The molecule has 1 aromatic carbocycles. The molecule has 0 radical (unpaired) electrons. The zero-order valence-electron chi connectivity index (χ0n) is 13.6. The molecule has 0 bridgehead atoms. The minimum Gasteiger partial charge on any atom is -0.372 e. The lowest BCUT2D eigenvalue weighted by Gasteiger charge is -2.32. The summed E-state index contributed by atoms with van der Waals surface area (Å²) < 4.78 is 7.39. The molecule has 0 aliphatic carbocycles. The second kappa shape index (κ2) is 6.91. The van der Waals surface area contributed by atoms with E-state index in [-0.39, 0.29) is 18.6 Å². The number of hydrogen-bond donors (Lipinski definition) is 0. The van der Waals surface area contributed by atoms with Crippen LogP contribution in [0.3, 0.4) is 0 Å². The molecule has 2 heterocycles. The number of benzene rings is 1. The van der Waals surface area contributed by atoms with Crippen LogP contribution in [-0.2, 0) is 22.5 Å². The summed E-state index contributed by atoms with van der Waals surface area (Å²) in [5, 5.41) is 8.64. The van der Waals surface area contributed by atoms with Crippen molar-refractivity contribution in [2.75, 3.05) is 19.8 Å². The van der Waals surface area contributed by atoms with Gasteiger partial charge in [-0.15, -0.1) is 10.2 Å². The average Bonchev–Trinajstić information content (AvgIpc) is 2.97. The van der Waals surface area contributed by atoms with E-state index in [4.69, 9.17) is 4.74 Å². The molecule has 0 saturated heterocycles. The van der Waals surface area contributed by atoms with Crippen LogP contribution < -0.4 is 0 Å². The Bertz CT molecular complexity index is 668. The van der Waals surface area contributed by atoms with Crippen LogP contribution in [0.25, 0.3) is 0 Å². The van der Waals surface area contributed by atoms with Crippen LogP contribution in [0.2, 0.25) is 0 Å². The van der Waals surface area contributed by atoms with Gasteiger partial charge in [-0.25, -0.2) is 0 Å². The molecule has 0 spiro atoms. The number of carbonyl (C=O) groups excluding carboxylic acids is 1. The van der Waals surface area contributed by atoms with Crippen LogP contribution in [0.4, 0.5) is 0 Å². The molecule has 0 saturated carbocycles. The third-order valence-electron chi connectivity index (χ3n) is 4.08. The van der Waals surface area contributed by atoms with Gasteiger partial charge in [0.25, 0.3) is 0 Å². The Kier molecular flexibility index (Phi) is 4.71. The fourth-order valence-electron chi connectivity index (χ4n) is 2.98. The van der Waals surface area contributed by atoms with Crippen molar-refractivity contribution in [3.63, 3.8) is 0 Å².